The second-order valence-corrected chi connectivity index (χ2v) is 5.38. The van der Waals surface area contributed by atoms with Crippen LogP contribution in [0.4, 0.5) is 0 Å². The molecule has 0 spiro atoms. The highest BCUT2D eigenvalue weighted by Gasteiger charge is 2.54. The molecule has 0 bridgehead atoms. The van der Waals surface area contributed by atoms with E-state index in [1.165, 1.54) is 0 Å². The maximum absolute atomic E-state index is 10.2. The van der Waals surface area contributed by atoms with Crippen LogP contribution in [0, 0.1) is 0 Å². The van der Waals surface area contributed by atoms with Crippen LogP contribution < -0.4 is 0 Å². The summed E-state index contributed by atoms with van der Waals surface area (Å²) in [5.74, 6) is -0.739. The average Bonchev–Trinajstić information content (AvgIpc) is 2.75. The van der Waals surface area contributed by atoms with Crippen molar-refractivity contribution in [2.24, 2.45) is 0 Å². The maximum Gasteiger partial charge on any atom is 0.190 e. The summed E-state index contributed by atoms with van der Waals surface area (Å²) in [6.07, 6.45) is -2.25. The minimum absolute atomic E-state index is 0.00426. The third kappa shape index (κ3) is 3.43. The van der Waals surface area contributed by atoms with Gasteiger partial charge in [-0.3, -0.25) is 4.90 Å². The van der Waals surface area contributed by atoms with Gasteiger partial charge in [-0.25, -0.2) is 0 Å². The number of nitrogens with zero attached hydrogens (tertiary/aromatic N) is 1. The van der Waals surface area contributed by atoms with E-state index in [-0.39, 0.29) is 13.2 Å². The van der Waals surface area contributed by atoms with Gasteiger partial charge in [0.25, 0.3) is 0 Å². The van der Waals surface area contributed by atoms with E-state index in [1.807, 2.05) is 4.90 Å². The van der Waals surface area contributed by atoms with Crippen LogP contribution in [0.3, 0.4) is 0 Å². The van der Waals surface area contributed by atoms with Crippen molar-refractivity contribution in [1.82, 2.24) is 4.90 Å². The fourth-order valence-corrected chi connectivity index (χ4v) is 2.54. The van der Waals surface area contributed by atoms with E-state index < -0.39 is 30.4 Å². The van der Waals surface area contributed by atoms with Crippen LogP contribution in [0.25, 0.3) is 0 Å². The molecule has 0 amide bonds. The zero-order valence-electron chi connectivity index (χ0n) is 11.4. The number of aliphatic hydroxyl groups excluding tert-OH is 3. The highest BCUT2D eigenvalue weighted by molar-refractivity contribution is 4.94. The van der Waals surface area contributed by atoms with E-state index in [0.717, 1.165) is 0 Å². The summed E-state index contributed by atoms with van der Waals surface area (Å²) in [6, 6.07) is 0. The summed E-state index contributed by atoms with van der Waals surface area (Å²) in [6.45, 7) is 4.82. The Balaban J connectivity index is 1.90. The lowest BCUT2D eigenvalue weighted by Crippen LogP contribution is -2.43. The van der Waals surface area contributed by atoms with Crippen LogP contribution in [-0.2, 0) is 14.2 Å². The molecule has 0 saturated carbocycles. The number of ether oxygens (including phenoxy) is 3. The molecule has 2 heterocycles. The topological polar surface area (TPSA) is 91.6 Å². The molecule has 2 aliphatic rings. The lowest BCUT2D eigenvalue weighted by molar-refractivity contribution is -0.216. The van der Waals surface area contributed by atoms with Gasteiger partial charge in [-0.1, -0.05) is 0 Å². The van der Waals surface area contributed by atoms with Crippen LogP contribution in [0.1, 0.15) is 13.8 Å². The molecule has 2 saturated heterocycles. The molecule has 1 unspecified atom stereocenters. The van der Waals surface area contributed by atoms with Gasteiger partial charge in [0, 0.05) is 19.6 Å². The summed E-state index contributed by atoms with van der Waals surface area (Å²) in [4.78, 5) is 1.83. The Kier molecular flexibility index (Phi) is 4.78. The molecule has 0 aromatic rings. The zero-order valence-corrected chi connectivity index (χ0v) is 11.4. The SMILES string of the molecule is CC1(C)OC2[C@H](O[C@H](CN(CCO)CCO)[C@H]2O)O1. The van der Waals surface area contributed by atoms with Crippen molar-refractivity contribution in [2.75, 3.05) is 32.8 Å². The van der Waals surface area contributed by atoms with E-state index in [0.29, 0.717) is 19.6 Å². The van der Waals surface area contributed by atoms with Gasteiger partial charge in [-0.15, -0.1) is 0 Å². The summed E-state index contributed by atoms with van der Waals surface area (Å²) in [7, 11) is 0. The standard InChI is InChI=1S/C12H23NO6/c1-12(2)18-10-9(16)8(17-11(10)19-12)7-13(3-5-14)4-6-15/h8-11,14-16H,3-7H2,1-2H3/t8-,9-,10?,11-/m1/s1. The number of rotatable bonds is 6. The molecule has 2 rings (SSSR count). The Labute approximate surface area is 112 Å². The van der Waals surface area contributed by atoms with E-state index in [9.17, 15) is 5.11 Å². The summed E-state index contributed by atoms with van der Waals surface area (Å²) < 4.78 is 16.8. The van der Waals surface area contributed by atoms with E-state index in [2.05, 4.69) is 0 Å². The van der Waals surface area contributed by atoms with Crippen molar-refractivity contribution in [2.45, 2.75) is 44.2 Å². The Morgan fingerprint density at radius 3 is 2.26 bits per heavy atom. The van der Waals surface area contributed by atoms with Crippen LogP contribution in [0.2, 0.25) is 0 Å². The summed E-state index contributed by atoms with van der Waals surface area (Å²) in [5.41, 5.74) is 0. The minimum atomic E-state index is -0.772. The van der Waals surface area contributed by atoms with Gasteiger partial charge in [-0.05, 0) is 13.8 Å². The van der Waals surface area contributed by atoms with Gasteiger partial charge in [0.2, 0.25) is 0 Å². The van der Waals surface area contributed by atoms with Crippen molar-refractivity contribution in [3.63, 3.8) is 0 Å². The largest absolute Gasteiger partial charge is 0.395 e. The maximum atomic E-state index is 10.2. The van der Waals surface area contributed by atoms with Crippen LogP contribution in [0.15, 0.2) is 0 Å². The normalized spacial score (nSPS) is 36.9. The molecule has 2 fully saturated rings. The number of hydrogen-bond acceptors (Lipinski definition) is 7. The molecule has 3 N–H and O–H groups in total. The molecule has 0 aromatic heterocycles. The number of hydrogen-bond donors (Lipinski definition) is 3. The molecule has 112 valence electrons. The first-order valence-corrected chi connectivity index (χ1v) is 6.60. The molecule has 2 aliphatic heterocycles. The molecular weight excluding hydrogens is 254 g/mol. The zero-order chi connectivity index (χ0) is 14.0. The van der Waals surface area contributed by atoms with Crippen molar-refractivity contribution < 1.29 is 29.5 Å². The minimum Gasteiger partial charge on any atom is -0.395 e. The van der Waals surface area contributed by atoms with Crippen molar-refractivity contribution in [1.29, 1.82) is 0 Å². The Hall–Kier alpha value is -0.280. The molecule has 0 aliphatic carbocycles. The number of aliphatic hydroxyl groups is 3. The van der Waals surface area contributed by atoms with Gasteiger partial charge < -0.3 is 29.5 Å². The van der Waals surface area contributed by atoms with E-state index in [4.69, 9.17) is 24.4 Å². The average molecular weight is 277 g/mol. The quantitative estimate of drug-likeness (QED) is 0.545. The van der Waals surface area contributed by atoms with Gasteiger partial charge in [0.05, 0.1) is 13.2 Å². The molecule has 0 radical (unpaired) electrons. The lowest BCUT2D eigenvalue weighted by atomic mass is 10.1. The van der Waals surface area contributed by atoms with Crippen LogP contribution in [0.5, 0.6) is 0 Å². The third-order valence-corrected chi connectivity index (χ3v) is 3.39. The third-order valence-electron chi connectivity index (χ3n) is 3.39. The van der Waals surface area contributed by atoms with Crippen molar-refractivity contribution in [3.8, 4) is 0 Å². The molecule has 0 aromatic carbocycles. The van der Waals surface area contributed by atoms with Gasteiger partial charge >= 0.3 is 0 Å². The van der Waals surface area contributed by atoms with Crippen molar-refractivity contribution in [3.05, 3.63) is 0 Å². The Morgan fingerprint density at radius 2 is 1.74 bits per heavy atom. The first kappa shape index (κ1) is 15.1. The first-order valence-electron chi connectivity index (χ1n) is 6.60. The van der Waals surface area contributed by atoms with Crippen molar-refractivity contribution >= 4 is 0 Å². The second kappa shape index (κ2) is 6.01. The fourth-order valence-electron chi connectivity index (χ4n) is 2.54. The predicted octanol–water partition coefficient (Wildman–Crippen LogP) is -1.49. The molecular formula is C12H23NO6. The van der Waals surface area contributed by atoms with Crippen LogP contribution in [-0.4, -0.2) is 83.5 Å². The van der Waals surface area contributed by atoms with Gasteiger partial charge in [0.15, 0.2) is 12.1 Å². The lowest BCUT2D eigenvalue weighted by Gasteiger charge is -2.27. The number of fused-ring (bicyclic) bond motifs is 1. The molecule has 19 heavy (non-hydrogen) atoms. The summed E-state index contributed by atoms with van der Waals surface area (Å²) >= 11 is 0. The van der Waals surface area contributed by atoms with Crippen LogP contribution >= 0.6 is 0 Å². The van der Waals surface area contributed by atoms with Gasteiger partial charge in [-0.2, -0.15) is 0 Å². The Bertz CT molecular complexity index is 294. The monoisotopic (exact) mass is 277 g/mol. The highest BCUT2D eigenvalue weighted by Crippen LogP contribution is 2.37. The van der Waals surface area contributed by atoms with Gasteiger partial charge in [0.1, 0.15) is 18.3 Å². The molecule has 7 heteroatoms. The smallest absolute Gasteiger partial charge is 0.190 e. The predicted molar refractivity (Wildman–Crippen MR) is 65.3 cm³/mol. The molecule has 4 atom stereocenters. The van der Waals surface area contributed by atoms with E-state index >= 15 is 0 Å². The second-order valence-electron chi connectivity index (χ2n) is 5.38. The first-order chi connectivity index (χ1) is 8.96. The van der Waals surface area contributed by atoms with E-state index in [1.54, 1.807) is 13.8 Å². The molecule has 7 nitrogen and oxygen atoms in total. The fraction of sp³-hybridized carbons (Fsp3) is 1.00. The summed E-state index contributed by atoms with van der Waals surface area (Å²) in [5, 5.41) is 28.1. The Morgan fingerprint density at radius 1 is 1.11 bits per heavy atom. The highest BCUT2D eigenvalue weighted by atomic mass is 16.8.